The van der Waals surface area contributed by atoms with Crippen LogP contribution in [0.4, 0.5) is 0 Å². The van der Waals surface area contributed by atoms with E-state index in [1.807, 2.05) is 13.8 Å². The molecule has 138 valence electrons. The summed E-state index contributed by atoms with van der Waals surface area (Å²) in [6.07, 6.45) is 6.14. The third-order valence-corrected chi connectivity index (χ3v) is 4.48. The Morgan fingerprint density at radius 3 is 2.42 bits per heavy atom. The van der Waals surface area contributed by atoms with Crippen molar-refractivity contribution >= 4 is 17.6 Å². The van der Waals surface area contributed by atoms with Crippen molar-refractivity contribution in [3.63, 3.8) is 0 Å². The molecule has 3 rings (SSSR count). The van der Waals surface area contributed by atoms with Crippen molar-refractivity contribution in [1.29, 1.82) is 0 Å². The number of hydrogen-bond donors (Lipinski definition) is 3. The average Bonchev–Trinajstić information content (AvgIpc) is 3.20. The highest BCUT2D eigenvalue weighted by atomic mass is 16.2. The molecule has 1 fully saturated rings. The van der Waals surface area contributed by atoms with Crippen molar-refractivity contribution in [2.45, 2.75) is 38.8 Å². The molecule has 26 heavy (non-hydrogen) atoms. The van der Waals surface area contributed by atoms with Crippen LogP contribution in [0.5, 0.6) is 0 Å². The average molecular weight is 357 g/mol. The number of amides is 2. The fourth-order valence-electron chi connectivity index (χ4n) is 2.91. The molecule has 8 heteroatoms. The second-order valence-corrected chi connectivity index (χ2v) is 7.06. The molecule has 2 amide bonds. The van der Waals surface area contributed by atoms with E-state index in [-0.39, 0.29) is 35.6 Å². The summed E-state index contributed by atoms with van der Waals surface area (Å²) in [7, 11) is 1.80. The number of Topliss-reactive ketones (excluding diaryl/α,β-unsaturated/α-hetero) is 1. The zero-order chi connectivity index (χ0) is 18.8. The quantitative estimate of drug-likeness (QED) is 0.677. The molecule has 2 aromatic rings. The smallest absolute Gasteiger partial charge is 0.271 e. The van der Waals surface area contributed by atoms with Gasteiger partial charge in [0.1, 0.15) is 11.4 Å². The lowest BCUT2D eigenvalue weighted by atomic mass is 9.86. The predicted molar refractivity (Wildman–Crippen MR) is 94.9 cm³/mol. The molecule has 0 spiro atoms. The lowest BCUT2D eigenvalue weighted by Crippen LogP contribution is -2.53. The van der Waals surface area contributed by atoms with Crippen LogP contribution in [-0.4, -0.2) is 44.2 Å². The van der Waals surface area contributed by atoms with E-state index in [0.29, 0.717) is 29.8 Å². The highest BCUT2D eigenvalue weighted by Gasteiger charge is 2.32. The van der Waals surface area contributed by atoms with Gasteiger partial charge in [-0.25, -0.2) is 4.98 Å². The minimum absolute atomic E-state index is 0.00115. The van der Waals surface area contributed by atoms with E-state index in [1.165, 1.54) is 0 Å². The normalized spacial score (nSPS) is 19.1. The summed E-state index contributed by atoms with van der Waals surface area (Å²) in [5.74, 6) is -0.563. The van der Waals surface area contributed by atoms with E-state index >= 15 is 0 Å². The molecule has 1 saturated carbocycles. The Balaban J connectivity index is 1.46. The molecule has 8 nitrogen and oxygen atoms in total. The molecule has 0 radical (unpaired) electrons. The summed E-state index contributed by atoms with van der Waals surface area (Å²) < 4.78 is 1.72. The second kappa shape index (κ2) is 7.15. The Morgan fingerprint density at radius 1 is 1.19 bits per heavy atom. The van der Waals surface area contributed by atoms with Crippen LogP contribution in [0.3, 0.4) is 0 Å². The van der Waals surface area contributed by atoms with Gasteiger partial charge in [-0.2, -0.15) is 0 Å². The maximum Gasteiger partial charge on any atom is 0.271 e. The zero-order valence-electron chi connectivity index (χ0n) is 15.1. The van der Waals surface area contributed by atoms with Crippen LogP contribution in [0.25, 0.3) is 0 Å². The topological polar surface area (TPSA) is 109 Å². The third kappa shape index (κ3) is 3.84. The van der Waals surface area contributed by atoms with Crippen molar-refractivity contribution < 1.29 is 14.4 Å². The largest absolute Gasteiger partial charge is 0.356 e. The molecule has 1 aliphatic carbocycles. The number of aromatic nitrogens is 3. The highest BCUT2D eigenvalue weighted by Crippen LogP contribution is 2.21. The number of nitrogens with zero attached hydrogens (tertiary/aromatic N) is 2. The summed E-state index contributed by atoms with van der Waals surface area (Å²) in [4.78, 5) is 43.1. The molecule has 0 aromatic carbocycles. The number of aryl methyl sites for hydroxylation is 1. The van der Waals surface area contributed by atoms with Crippen LogP contribution in [-0.2, 0) is 7.05 Å². The fraction of sp³-hybridized carbons (Fsp3) is 0.444. The molecule has 0 saturated heterocycles. The van der Waals surface area contributed by atoms with Crippen molar-refractivity contribution in [1.82, 2.24) is 25.2 Å². The lowest BCUT2D eigenvalue weighted by Gasteiger charge is -2.36. The van der Waals surface area contributed by atoms with Crippen LogP contribution in [0.1, 0.15) is 58.0 Å². The summed E-state index contributed by atoms with van der Waals surface area (Å²) in [6, 6.07) is 1.61. The van der Waals surface area contributed by atoms with Gasteiger partial charge in [0.15, 0.2) is 5.78 Å². The van der Waals surface area contributed by atoms with E-state index in [9.17, 15) is 14.4 Å². The van der Waals surface area contributed by atoms with Crippen LogP contribution in [0.2, 0.25) is 0 Å². The number of imidazole rings is 1. The van der Waals surface area contributed by atoms with Crippen LogP contribution in [0, 0.1) is 5.92 Å². The van der Waals surface area contributed by atoms with E-state index in [4.69, 9.17) is 0 Å². The first-order valence-corrected chi connectivity index (χ1v) is 8.65. The van der Waals surface area contributed by atoms with Gasteiger partial charge in [-0.1, -0.05) is 13.8 Å². The Hall–Kier alpha value is -2.90. The molecule has 0 atom stereocenters. The van der Waals surface area contributed by atoms with E-state index < -0.39 is 0 Å². The number of ketones is 1. The minimum atomic E-state index is -0.243. The lowest BCUT2D eigenvalue weighted by molar-refractivity contribution is 0.0857. The second-order valence-electron chi connectivity index (χ2n) is 7.06. The predicted octanol–water partition coefficient (Wildman–Crippen LogP) is 1.28. The zero-order valence-corrected chi connectivity index (χ0v) is 15.1. The Bertz CT molecular complexity index is 830. The van der Waals surface area contributed by atoms with Gasteiger partial charge in [0.2, 0.25) is 0 Å². The first kappa shape index (κ1) is 17.9. The molecule has 0 aliphatic heterocycles. The Kier molecular flexibility index (Phi) is 4.92. The van der Waals surface area contributed by atoms with Crippen molar-refractivity contribution in [3.05, 3.63) is 41.7 Å². The van der Waals surface area contributed by atoms with Gasteiger partial charge in [0.25, 0.3) is 11.8 Å². The number of hydrogen-bond acceptors (Lipinski definition) is 4. The maximum absolute atomic E-state index is 12.3. The number of nitrogens with one attached hydrogen (secondary N) is 3. The fourth-order valence-corrected chi connectivity index (χ4v) is 2.91. The molecular formula is C18H23N5O3. The van der Waals surface area contributed by atoms with E-state index in [0.717, 1.165) is 0 Å². The van der Waals surface area contributed by atoms with Crippen LogP contribution >= 0.6 is 0 Å². The Labute approximate surface area is 151 Å². The molecule has 0 bridgehead atoms. The Morgan fingerprint density at radius 2 is 1.85 bits per heavy atom. The highest BCUT2D eigenvalue weighted by molar-refractivity contribution is 6.01. The maximum atomic E-state index is 12.3. The van der Waals surface area contributed by atoms with Gasteiger partial charge < -0.3 is 20.2 Å². The van der Waals surface area contributed by atoms with Gasteiger partial charge in [0, 0.05) is 43.0 Å². The number of rotatable bonds is 6. The third-order valence-electron chi connectivity index (χ3n) is 4.48. The van der Waals surface area contributed by atoms with Crippen molar-refractivity contribution in [3.8, 4) is 0 Å². The van der Waals surface area contributed by atoms with Crippen LogP contribution in [0.15, 0.2) is 24.8 Å². The molecule has 3 N–H and O–H groups in total. The molecule has 1 aliphatic rings. The van der Waals surface area contributed by atoms with Crippen molar-refractivity contribution in [2.75, 3.05) is 0 Å². The number of carbonyl (C=O) groups is 3. The molecule has 0 unspecified atom stereocenters. The monoisotopic (exact) mass is 357 g/mol. The number of carbonyl (C=O) groups excluding carboxylic acids is 3. The van der Waals surface area contributed by atoms with Crippen LogP contribution < -0.4 is 10.6 Å². The molecule has 2 heterocycles. The first-order chi connectivity index (χ1) is 12.3. The first-order valence-electron chi connectivity index (χ1n) is 8.65. The van der Waals surface area contributed by atoms with E-state index in [1.54, 1.807) is 36.4 Å². The van der Waals surface area contributed by atoms with Gasteiger partial charge in [-0.05, 0) is 18.9 Å². The SMILES string of the molecule is CC(C)C(=O)c1c[nH]c(C(=O)NC2CC(NC(=O)c3cn(C)cn3)C2)c1. The van der Waals surface area contributed by atoms with Crippen molar-refractivity contribution in [2.24, 2.45) is 13.0 Å². The molecule has 2 aromatic heterocycles. The summed E-state index contributed by atoms with van der Waals surface area (Å²) in [6.45, 7) is 3.64. The van der Waals surface area contributed by atoms with E-state index in [2.05, 4.69) is 20.6 Å². The number of aromatic amines is 1. The van der Waals surface area contributed by atoms with Gasteiger partial charge in [0.05, 0.1) is 6.33 Å². The molecular weight excluding hydrogens is 334 g/mol. The minimum Gasteiger partial charge on any atom is -0.356 e. The van der Waals surface area contributed by atoms with Gasteiger partial charge >= 0.3 is 0 Å². The number of H-pyrrole nitrogens is 1. The van der Waals surface area contributed by atoms with Gasteiger partial charge in [-0.3, -0.25) is 14.4 Å². The summed E-state index contributed by atoms with van der Waals surface area (Å²) >= 11 is 0. The standard InChI is InChI=1S/C18H23N5O3/c1-10(2)16(24)11-4-14(19-7-11)17(25)21-12-5-13(6-12)22-18(26)15-8-23(3)9-20-15/h4,7-10,12-13,19H,5-6H2,1-3H3,(H,21,25)(H,22,26). The summed E-state index contributed by atoms with van der Waals surface area (Å²) in [5, 5.41) is 5.81. The summed E-state index contributed by atoms with van der Waals surface area (Å²) in [5.41, 5.74) is 1.27. The van der Waals surface area contributed by atoms with Gasteiger partial charge in [-0.15, -0.1) is 0 Å².